The lowest BCUT2D eigenvalue weighted by atomic mass is 10.1. The number of hydrogen-bond donors (Lipinski definition) is 1. The van der Waals surface area contributed by atoms with Crippen molar-refractivity contribution in [1.29, 1.82) is 0 Å². The molecule has 0 radical (unpaired) electrons. The highest BCUT2D eigenvalue weighted by Crippen LogP contribution is 2.08. The Morgan fingerprint density at radius 3 is 2.73 bits per heavy atom. The van der Waals surface area contributed by atoms with Crippen molar-refractivity contribution in [3.05, 3.63) is 0 Å². The van der Waals surface area contributed by atoms with E-state index in [2.05, 4.69) is 11.7 Å². The van der Waals surface area contributed by atoms with Gasteiger partial charge in [-0.15, -0.1) is 0 Å². The maximum atomic E-state index is 10.9. The molecule has 0 aromatic rings. The molecule has 0 heterocycles. The van der Waals surface area contributed by atoms with Crippen molar-refractivity contribution in [3.8, 4) is 0 Å². The van der Waals surface area contributed by atoms with E-state index in [1.807, 2.05) is 6.92 Å². The number of ether oxygens (including phenoxy) is 1. The molecule has 0 spiro atoms. The molecule has 3 heteroatoms. The van der Waals surface area contributed by atoms with Crippen molar-refractivity contribution in [1.82, 2.24) is 0 Å². The summed E-state index contributed by atoms with van der Waals surface area (Å²) in [7, 11) is 0. The SMILES string of the molecule is CCCC[C@@H](C)C(=O)OCN. The van der Waals surface area contributed by atoms with Gasteiger partial charge >= 0.3 is 5.97 Å². The van der Waals surface area contributed by atoms with Gasteiger partial charge in [0, 0.05) is 0 Å². The van der Waals surface area contributed by atoms with Gasteiger partial charge in [0.25, 0.3) is 0 Å². The zero-order valence-electron chi connectivity index (χ0n) is 7.30. The van der Waals surface area contributed by atoms with Gasteiger partial charge in [-0.05, 0) is 6.42 Å². The molecular formula is C8H17NO2. The highest BCUT2D eigenvalue weighted by molar-refractivity contribution is 5.71. The summed E-state index contributed by atoms with van der Waals surface area (Å²) in [6.45, 7) is 3.96. The standard InChI is InChI=1S/C8H17NO2/c1-3-4-5-7(2)8(10)11-6-9/h7H,3-6,9H2,1-2H3/t7-/m1/s1. The Morgan fingerprint density at radius 1 is 1.64 bits per heavy atom. The average molecular weight is 159 g/mol. The monoisotopic (exact) mass is 159 g/mol. The molecule has 11 heavy (non-hydrogen) atoms. The Bertz CT molecular complexity index is 115. The molecule has 0 bridgehead atoms. The third-order valence-electron chi connectivity index (χ3n) is 1.62. The van der Waals surface area contributed by atoms with Crippen molar-refractivity contribution in [3.63, 3.8) is 0 Å². The summed E-state index contributed by atoms with van der Waals surface area (Å²) in [6.07, 6.45) is 3.08. The number of unbranched alkanes of at least 4 members (excludes halogenated alkanes) is 1. The van der Waals surface area contributed by atoms with Crippen LogP contribution in [0.4, 0.5) is 0 Å². The summed E-state index contributed by atoms with van der Waals surface area (Å²) in [5.41, 5.74) is 5.05. The minimum atomic E-state index is -0.180. The fraction of sp³-hybridized carbons (Fsp3) is 0.875. The highest BCUT2D eigenvalue weighted by Gasteiger charge is 2.12. The molecule has 0 amide bonds. The smallest absolute Gasteiger partial charge is 0.309 e. The number of esters is 1. The molecular weight excluding hydrogens is 142 g/mol. The van der Waals surface area contributed by atoms with Crippen molar-refractivity contribution < 1.29 is 9.53 Å². The van der Waals surface area contributed by atoms with Crippen molar-refractivity contribution in [2.24, 2.45) is 11.7 Å². The molecule has 0 saturated heterocycles. The van der Waals surface area contributed by atoms with Crippen LogP contribution in [0.15, 0.2) is 0 Å². The Morgan fingerprint density at radius 2 is 2.27 bits per heavy atom. The summed E-state index contributed by atoms with van der Waals surface area (Å²) in [5.74, 6) is -0.181. The normalized spacial score (nSPS) is 12.6. The van der Waals surface area contributed by atoms with Gasteiger partial charge in [0.2, 0.25) is 0 Å². The summed E-state index contributed by atoms with van der Waals surface area (Å²) >= 11 is 0. The maximum absolute atomic E-state index is 10.9. The second-order valence-corrected chi connectivity index (χ2v) is 2.67. The maximum Gasteiger partial charge on any atom is 0.309 e. The first-order valence-electron chi connectivity index (χ1n) is 4.09. The van der Waals surface area contributed by atoms with Crippen LogP contribution >= 0.6 is 0 Å². The van der Waals surface area contributed by atoms with Gasteiger partial charge in [-0.1, -0.05) is 26.7 Å². The minimum Gasteiger partial charge on any atom is -0.450 e. The molecule has 0 aliphatic rings. The van der Waals surface area contributed by atoms with Gasteiger partial charge < -0.3 is 4.74 Å². The Balaban J connectivity index is 3.46. The van der Waals surface area contributed by atoms with Gasteiger partial charge in [0.1, 0.15) is 6.73 Å². The lowest BCUT2D eigenvalue weighted by Gasteiger charge is -2.08. The van der Waals surface area contributed by atoms with E-state index in [1.54, 1.807) is 0 Å². The lowest BCUT2D eigenvalue weighted by Crippen LogP contribution is -2.18. The molecule has 3 nitrogen and oxygen atoms in total. The molecule has 0 aromatic carbocycles. The minimum absolute atomic E-state index is 0.00139. The van der Waals surface area contributed by atoms with Crippen LogP contribution in [0, 0.1) is 5.92 Å². The van der Waals surface area contributed by atoms with E-state index in [1.165, 1.54) is 0 Å². The molecule has 66 valence electrons. The number of rotatable bonds is 5. The molecule has 0 saturated carbocycles. The Labute approximate surface area is 67.9 Å². The van der Waals surface area contributed by atoms with E-state index < -0.39 is 0 Å². The largest absolute Gasteiger partial charge is 0.450 e. The van der Waals surface area contributed by atoms with Crippen molar-refractivity contribution in [2.75, 3.05) is 6.73 Å². The van der Waals surface area contributed by atoms with Crippen molar-refractivity contribution >= 4 is 5.97 Å². The Hall–Kier alpha value is -0.570. The van der Waals surface area contributed by atoms with Crippen LogP contribution < -0.4 is 5.73 Å². The highest BCUT2D eigenvalue weighted by atomic mass is 16.5. The van der Waals surface area contributed by atoms with Crippen molar-refractivity contribution in [2.45, 2.75) is 33.1 Å². The van der Waals surface area contributed by atoms with Gasteiger partial charge in [0.15, 0.2) is 0 Å². The summed E-state index contributed by atoms with van der Waals surface area (Å²) in [6, 6.07) is 0. The van der Waals surface area contributed by atoms with Crippen LogP contribution in [0.1, 0.15) is 33.1 Å². The van der Waals surface area contributed by atoms with Crippen LogP contribution in [0.3, 0.4) is 0 Å². The second-order valence-electron chi connectivity index (χ2n) is 2.67. The molecule has 0 rings (SSSR count). The first-order chi connectivity index (χ1) is 5.22. The molecule has 0 unspecified atom stereocenters. The predicted molar refractivity (Wildman–Crippen MR) is 43.8 cm³/mol. The number of carbonyl (C=O) groups is 1. The van der Waals surface area contributed by atoms with E-state index in [0.717, 1.165) is 19.3 Å². The molecule has 0 aliphatic carbocycles. The van der Waals surface area contributed by atoms with E-state index in [4.69, 9.17) is 5.73 Å². The third kappa shape index (κ3) is 4.79. The summed E-state index contributed by atoms with van der Waals surface area (Å²) in [5, 5.41) is 0. The first-order valence-corrected chi connectivity index (χ1v) is 4.09. The van der Waals surface area contributed by atoms with Crippen LogP contribution in [-0.4, -0.2) is 12.7 Å². The molecule has 1 atom stereocenters. The molecule has 2 N–H and O–H groups in total. The van der Waals surface area contributed by atoms with E-state index in [0.29, 0.717) is 0 Å². The van der Waals surface area contributed by atoms with Gasteiger partial charge in [-0.3, -0.25) is 10.5 Å². The van der Waals surface area contributed by atoms with Crippen LogP contribution in [-0.2, 0) is 9.53 Å². The fourth-order valence-corrected chi connectivity index (χ4v) is 0.853. The number of hydrogen-bond acceptors (Lipinski definition) is 3. The van der Waals surface area contributed by atoms with E-state index in [9.17, 15) is 4.79 Å². The van der Waals surface area contributed by atoms with Gasteiger partial charge in [0.05, 0.1) is 5.92 Å². The predicted octanol–water partition coefficient (Wildman–Crippen LogP) is 1.27. The van der Waals surface area contributed by atoms with Gasteiger partial charge in [-0.25, -0.2) is 0 Å². The second kappa shape index (κ2) is 6.16. The van der Waals surface area contributed by atoms with E-state index >= 15 is 0 Å². The zero-order chi connectivity index (χ0) is 8.69. The summed E-state index contributed by atoms with van der Waals surface area (Å²) < 4.78 is 4.64. The Kier molecular flexibility index (Phi) is 5.84. The lowest BCUT2D eigenvalue weighted by molar-refractivity contribution is -0.147. The molecule has 0 aliphatic heterocycles. The third-order valence-corrected chi connectivity index (χ3v) is 1.62. The summed E-state index contributed by atoms with van der Waals surface area (Å²) in [4.78, 5) is 10.9. The van der Waals surface area contributed by atoms with E-state index in [-0.39, 0.29) is 18.6 Å². The zero-order valence-corrected chi connectivity index (χ0v) is 7.30. The average Bonchev–Trinajstić information content (AvgIpc) is 2.00. The first kappa shape index (κ1) is 10.4. The van der Waals surface area contributed by atoms with Gasteiger partial charge in [-0.2, -0.15) is 0 Å². The molecule has 0 aromatic heterocycles. The van der Waals surface area contributed by atoms with Crippen LogP contribution in [0.25, 0.3) is 0 Å². The number of carbonyl (C=O) groups excluding carboxylic acids is 1. The fourth-order valence-electron chi connectivity index (χ4n) is 0.853. The number of nitrogens with two attached hydrogens (primary N) is 1. The van der Waals surface area contributed by atoms with Crippen LogP contribution in [0.5, 0.6) is 0 Å². The van der Waals surface area contributed by atoms with Crippen LogP contribution in [0.2, 0.25) is 0 Å². The quantitative estimate of drug-likeness (QED) is 0.485. The molecule has 0 fully saturated rings. The topological polar surface area (TPSA) is 52.3 Å².